The van der Waals surface area contributed by atoms with Gasteiger partial charge in [-0.05, 0) is 65.9 Å². The standard InChI is InChI=1S/C24H22BrN3O2/c25-20-10-9-17-12-19(8-7-18(17)13-20)23(29)26-14-16-4-3-11-28(15-16)24-27-21-5-1-2-6-22(21)30-24/h1-2,5-10,12-13,16H,3-4,11,14-15H2,(H,26,29). The van der Waals surface area contributed by atoms with Gasteiger partial charge in [-0.3, -0.25) is 4.79 Å². The van der Waals surface area contributed by atoms with Crippen molar-refractivity contribution in [2.24, 2.45) is 5.92 Å². The van der Waals surface area contributed by atoms with E-state index in [2.05, 4.69) is 37.2 Å². The van der Waals surface area contributed by atoms with Crippen LogP contribution in [0.2, 0.25) is 0 Å². The fourth-order valence-corrected chi connectivity index (χ4v) is 4.48. The van der Waals surface area contributed by atoms with Crippen molar-refractivity contribution in [2.75, 3.05) is 24.5 Å². The highest BCUT2D eigenvalue weighted by Crippen LogP contribution is 2.26. The van der Waals surface area contributed by atoms with Gasteiger partial charge in [0.25, 0.3) is 11.9 Å². The van der Waals surface area contributed by atoms with Gasteiger partial charge in [-0.25, -0.2) is 0 Å². The summed E-state index contributed by atoms with van der Waals surface area (Å²) in [6.07, 6.45) is 2.15. The minimum Gasteiger partial charge on any atom is -0.423 e. The van der Waals surface area contributed by atoms with E-state index in [1.165, 1.54) is 0 Å². The molecule has 1 saturated heterocycles. The van der Waals surface area contributed by atoms with Gasteiger partial charge in [-0.15, -0.1) is 0 Å². The fraction of sp³-hybridized carbons (Fsp3) is 0.250. The zero-order valence-corrected chi connectivity index (χ0v) is 18.1. The first kappa shape index (κ1) is 19.1. The minimum atomic E-state index is -0.0289. The molecule has 1 fully saturated rings. The normalized spacial score (nSPS) is 16.8. The van der Waals surface area contributed by atoms with E-state index in [4.69, 9.17) is 4.42 Å². The molecular formula is C24H22BrN3O2. The third-order valence-electron chi connectivity index (χ3n) is 5.69. The molecule has 1 amide bonds. The van der Waals surface area contributed by atoms with Crippen molar-refractivity contribution >= 4 is 49.7 Å². The van der Waals surface area contributed by atoms with Gasteiger partial charge in [-0.1, -0.05) is 40.2 Å². The molecule has 0 radical (unpaired) electrons. The number of benzene rings is 3. The lowest BCUT2D eigenvalue weighted by molar-refractivity contribution is 0.0945. The van der Waals surface area contributed by atoms with Gasteiger partial charge < -0.3 is 14.6 Å². The Kier molecular flexibility index (Phi) is 5.17. The summed E-state index contributed by atoms with van der Waals surface area (Å²) in [5.74, 6) is 0.341. The Labute approximate surface area is 183 Å². The Hall–Kier alpha value is -2.86. The van der Waals surface area contributed by atoms with Crippen molar-refractivity contribution in [3.8, 4) is 0 Å². The number of rotatable bonds is 4. The number of carbonyl (C=O) groups is 1. The Morgan fingerprint density at radius 2 is 1.97 bits per heavy atom. The van der Waals surface area contributed by atoms with Crippen LogP contribution >= 0.6 is 15.9 Å². The van der Waals surface area contributed by atoms with Crippen LogP contribution in [0.3, 0.4) is 0 Å². The van der Waals surface area contributed by atoms with Crippen LogP contribution < -0.4 is 10.2 Å². The number of piperidine rings is 1. The molecule has 0 bridgehead atoms. The fourth-order valence-electron chi connectivity index (χ4n) is 4.10. The van der Waals surface area contributed by atoms with E-state index in [9.17, 15) is 4.79 Å². The Morgan fingerprint density at radius 1 is 1.13 bits per heavy atom. The zero-order chi connectivity index (χ0) is 20.5. The zero-order valence-electron chi connectivity index (χ0n) is 16.5. The second kappa shape index (κ2) is 8.11. The highest BCUT2D eigenvalue weighted by atomic mass is 79.9. The number of amides is 1. The van der Waals surface area contributed by atoms with Crippen molar-refractivity contribution in [2.45, 2.75) is 12.8 Å². The minimum absolute atomic E-state index is 0.0289. The maximum Gasteiger partial charge on any atom is 0.298 e. The molecule has 1 unspecified atom stereocenters. The molecule has 5 nitrogen and oxygen atoms in total. The van der Waals surface area contributed by atoms with Crippen molar-refractivity contribution in [3.05, 3.63) is 70.7 Å². The average Bonchev–Trinajstić information content (AvgIpc) is 3.22. The van der Waals surface area contributed by atoms with E-state index in [-0.39, 0.29) is 5.91 Å². The van der Waals surface area contributed by atoms with Gasteiger partial charge in [0, 0.05) is 29.7 Å². The number of para-hydroxylation sites is 2. The number of halogens is 1. The monoisotopic (exact) mass is 463 g/mol. The molecule has 1 atom stereocenters. The number of aromatic nitrogens is 1. The SMILES string of the molecule is O=C(NCC1CCCN(c2nc3ccccc3o2)C1)c1ccc2cc(Br)ccc2c1. The Morgan fingerprint density at radius 3 is 2.87 bits per heavy atom. The van der Waals surface area contributed by atoms with E-state index in [1.54, 1.807) is 0 Å². The first-order valence-electron chi connectivity index (χ1n) is 10.2. The number of fused-ring (bicyclic) bond motifs is 2. The molecule has 0 saturated carbocycles. The summed E-state index contributed by atoms with van der Waals surface area (Å²) < 4.78 is 6.96. The highest BCUT2D eigenvalue weighted by molar-refractivity contribution is 9.10. The van der Waals surface area contributed by atoms with Gasteiger partial charge in [0.15, 0.2) is 5.58 Å². The Bertz CT molecular complexity index is 1190. The summed E-state index contributed by atoms with van der Waals surface area (Å²) in [5, 5.41) is 5.29. The average molecular weight is 464 g/mol. The summed E-state index contributed by atoms with van der Waals surface area (Å²) in [4.78, 5) is 19.5. The molecule has 6 heteroatoms. The molecule has 1 aromatic heterocycles. The van der Waals surface area contributed by atoms with E-state index in [1.807, 2.05) is 54.6 Å². The van der Waals surface area contributed by atoms with E-state index >= 15 is 0 Å². The van der Waals surface area contributed by atoms with Crippen LogP contribution in [0.25, 0.3) is 21.9 Å². The van der Waals surface area contributed by atoms with Crippen LogP contribution in [-0.4, -0.2) is 30.5 Å². The maximum atomic E-state index is 12.7. The molecule has 152 valence electrons. The van der Waals surface area contributed by atoms with E-state index in [0.717, 1.165) is 52.3 Å². The Balaban J connectivity index is 1.23. The number of hydrogen-bond donors (Lipinski definition) is 1. The van der Waals surface area contributed by atoms with Crippen molar-refractivity contribution in [1.29, 1.82) is 0 Å². The second-order valence-electron chi connectivity index (χ2n) is 7.83. The summed E-state index contributed by atoms with van der Waals surface area (Å²) in [6, 6.07) is 20.4. The smallest absolute Gasteiger partial charge is 0.298 e. The summed E-state index contributed by atoms with van der Waals surface area (Å²) >= 11 is 3.49. The van der Waals surface area contributed by atoms with Gasteiger partial charge >= 0.3 is 0 Å². The number of hydrogen-bond acceptors (Lipinski definition) is 4. The highest BCUT2D eigenvalue weighted by Gasteiger charge is 2.24. The van der Waals surface area contributed by atoms with E-state index in [0.29, 0.717) is 24.0 Å². The molecule has 1 aliphatic rings. The largest absolute Gasteiger partial charge is 0.423 e. The summed E-state index contributed by atoms with van der Waals surface area (Å²) in [6.45, 7) is 2.41. The van der Waals surface area contributed by atoms with Crippen molar-refractivity contribution in [1.82, 2.24) is 10.3 Å². The van der Waals surface area contributed by atoms with Crippen LogP contribution in [0.4, 0.5) is 6.01 Å². The molecule has 0 spiro atoms. The number of nitrogens with zero attached hydrogens (tertiary/aromatic N) is 2. The molecule has 0 aliphatic carbocycles. The quantitative estimate of drug-likeness (QED) is 0.440. The number of anilines is 1. The van der Waals surface area contributed by atoms with Crippen molar-refractivity contribution < 1.29 is 9.21 Å². The van der Waals surface area contributed by atoms with Crippen LogP contribution in [0.5, 0.6) is 0 Å². The number of oxazole rings is 1. The predicted molar refractivity (Wildman–Crippen MR) is 123 cm³/mol. The van der Waals surface area contributed by atoms with Gasteiger partial charge in [-0.2, -0.15) is 4.98 Å². The lowest BCUT2D eigenvalue weighted by Crippen LogP contribution is -2.41. The first-order valence-corrected chi connectivity index (χ1v) is 11.0. The third-order valence-corrected chi connectivity index (χ3v) is 6.18. The number of carbonyl (C=O) groups excluding carboxylic acids is 1. The molecule has 1 aliphatic heterocycles. The van der Waals surface area contributed by atoms with Gasteiger partial charge in [0.05, 0.1) is 0 Å². The molecule has 2 heterocycles. The summed E-state index contributed by atoms with van der Waals surface area (Å²) in [5.41, 5.74) is 2.38. The second-order valence-corrected chi connectivity index (χ2v) is 8.75. The van der Waals surface area contributed by atoms with Gasteiger partial charge in [0.2, 0.25) is 0 Å². The maximum absolute atomic E-state index is 12.7. The third kappa shape index (κ3) is 3.92. The lowest BCUT2D eigenvalue weighted by atomic mass is 9.98. The molecule has 5 rings (SSSR count). The summed E-state index contributed by atoms with van der Waals surface area (Å²) in [7, 11) is 0. The van der Waals surface area contributed by atoms with Crippen LogP contribution in [0, 0.1) is 5.92 Å². The molecule has 3 aromatic carbocycles. The molecular weight excluding hydrogens is 442 g/mol. The predicted octanol–water partition coefficient (Wildman–Crippen LogP) is 5.39. The van der Waals surface area contributed by atoms with Crippen LogP contribution in [-0.2, 0) is 0 Å². The van der Waals surface area contributed by atoms with E-state index < -0.39 is 0 Å². The first-order chi connectivity index (χ1) is 14.7. The molecule has 1 N–H and O–H groups in total. The van der Waals surface area contributed by atoms with Crippen LogP contribution in [0.15, 0.2) is 69.6 Å². The van der Waals surface area contributed by atoms with Gasteiger partial charge in [0.1, 0.15) is 5.52 Å². The molecule has 4 aromatic rings. The molecule has 30 heavy (non-hydrogen) atoms. The van der Waals surface area contributed by atoms with Crippen molar-refractivity contribution in [3.63, 3.8) is 0 Å². The van der Waals surface area contributed by atoms with Crippen LogP contribution in [0.1, 0.15) is 23.2 Å². The lowest BCUT2D eigenvalue weighted by Gasteiger charge is -2.31. The topological polar surface area (TPSA) is 58.4 Å². The number of nitrogens with one attached hydrogen (secondary N) is 1.